The topological polar surface area (TPSA) is 107 Å². The Morgan fingerprint density at radius 3 is 2.64 bits per heavy atom. The van der Waals surface area contributed by atoms with Crippen LogP contribution in [0.1, 0.15) is 28.8 Å². The minimum atomic E-state index is -0.970. The monoisotopic (exact) mass is 389 g/mol. The van der Waals surface area contributed by atoms with Gasteiger partial charge < -0.3 is 20.1 Å². The van der Waals surface area contributed by atoms with Crippen molar-refractivity contribution in [1.82, 2.24) is 4.90 Å². The zero-order chi connectivity index (χ0) is 20.3. The summed E-state index contributed by atoms with van der Waals surface area (Å²) in [4.78, 5) is 25.4. The maximum absolute atomic E-state index is 13.6. The molecule has 0 aromatic heterocycles. The van der Waals surface area contributed by atoms with E-state index in [2.05, 4.69) is 0 Å². The van der Waals surface area contributed by atoms with E-state index in [1.807, 2.05) is 0 Å². The summed E-state index contributed by atoms with van der Waals surface area (Å²) in [6, 6.07) is 7.44. The molecule has 8 heteroatoms. The standard InChI is InChI=1S/C20H20FNO6/c21-14-4-1-2-6-18(14)28-11-17(24)12-7-8-16(23)13(19(12)25)10-22-9-3-5-15(22)20(26)27/h1-2,4,6-8,15,23,25H,3,5,9-11H2,(H,26,27). The molecule has 1 aliphatic heterocycles. The zero-order valence-corrected chi connectivity index (χ0v) is 15.0. The highest BCUT2D eigenvalue weighted by molar-refractivity contribution is 6.00. The van der Waals surface area contributed by atoms with Crippen molar-refractivity contribution in [2.24, 2.45) is 0 Å². The number of hydrogen-bond acceptors (Lipinski definition) is 6. The highest BCUT2D eigenvalue weighted by Crippen LogP contribution is 2.34. The van der Waals surface area contributed by atoms with Gasteiger partial charge in [0.15, 0.2) is 18.2 Å². The molecule has 1 saturated heterocycles. The summed E-state index contributed by atoms with van der Waals surface area (Å²) in [5, 5.41) is 29.9. The quantitative estimate of drug-likeness (QED) is 0.625. The molecule has 1 aliphatic rings. The van der Waals surface area contributed by atoms with Crippen LogP contribution in [0.15, 0.2) is 36.4 Å². The van der Waals surface area contributed by atoms with Gasteiger partial charge in [-0.15, -0.1) is 0 Å². The minimum absolute atomic E-state index is 0.01000. The Labute approximate surface area is 160 Å². The van der Waals surface area contributed by atoms with Gasteiger partial charge in [0.2, 0.25) is 5.78 Å². The fourth-order valence-corrected chi connectivity index (χ4v) is 3.29. The lowest BCUT2D eigenvalue weighted by atomic mass is 10.0. The number of carboxylic acids is 1. The van der Waals surface area contributed by atoms with Crippen LogP contribution in [0.3, 0.4) is 0 Å². The van der Waals surface area contributed by atoms with Gasteiger partial charge >= 0.3 is 5.97 Å². The van der Waals surface area contributed by atoms with Gasteiger partial charge in [0, 0.05) is 6.54 Å². The van der Waals surface area contributed by atoms with Gasteiger partial charge in [-0.05, 0) is 43.7 Å². The van der Waals surface area contributed by atoms with Crippen molar-refractivity contribution in [3.63, 3.8) is 0 Å². The number of likely N-dealkylation sites (tertiary alicyclic amines) is 1. The number of Topliss-reactive ketones (excluding diaryl/α,β-unsaturated/α-hetero) is 1. The number of phenolic OH excluding ortho intramolecular Hbond substituents is 2. The second kappa shape index (κ2) is 8.26. The normalized spacial score (nSPS) is 16.8. The Morgan fingerprint density at radius 2 is 1.93 bits per heavy atom. The molecule has 2 aromatic rings. The fourth-order valence-electron chi connectivity index (χ4n) is 3.29. The number of phenols is 2. The molecule has 0 aliphatic carbocycles. The van der Waals surface area contributed by atoms with Crippen LogP contribution in [0.2, 0.25) is 0 Å². The maximum Gasteiger partial charge on any atom is 0.320 e. The predicted molar refractivity (Wildman–Crippen MR) is 97.1 cm³/mol. The summed E-state index contributed by atoms with van der Waals surface area (Å²) in [7, 11) is 0. The number of ketones is 1. The number of aliphatic carboxylic acids is 1. The number of carbonyl (C=O) groups excluding carboxylic acids is 1. The van der Waals surface area contributed by atoms with Crippen LogP contribution in [0.25, 0.3) is 0 Å². The minimum Gasteiger partial charge on any atom is -0.507 e. The van der Waals surface area contributed by atoms with E-state index in [0.717, 1.165) is 0 Å². The smallest absolute Gasteiger partial charge is 0.320 e. The summed E-state index contributed by atoms with van der Waals surface area (Å²) in [5.74, 6) is -2.94. The first-order chi connectivity index (χ1) is 13.4. The molecule has 1 fully saturated rings. The molecular weight excluding hydrogens is 369 g/mol. The highest BCUT2D eigenvalue weighted by atomic mass is 19.1. The lowest BCUT2D eigenvalue weighted by Crippen LogP contribution is -2.35. The number of carbonyl (C=O) groups is 2. The lowest BCUT2D eigenvalue weighted by Gasteiger charge is -2.22. The van der Waals surface area contributed by atoms with Gasteiger partial charge in [-0.1, -0.05) is 12.1 Å². The van der Waals surface area contributed by atoms with Crippen molar-refractivity contribution in [2.45, 2.75) is 25.4 Å². The van der Waals surface area contributed by atoms with E-state index in [9.17, 15) is 29.3 Å². The molecule has 0 bridgehead atoms. The maximum atomic E-state index is 13.6. The Morgan fingerprint density at radius 1 is 1.18 bits per heavy atom. The number of rotatable bonds is 7. The van der Waals surface area contributed by atoms with Crippen molar-refractivity contribution in [1.29, 1.82) is 0 Å². The van der Waals surface area contributed by atoms with E-state index in [4.69, 9.17) is 4.74 Å². The average Bonchev–Trinajstić information content (AvgIpc) is 3.13. The van der Waals surface area contributed by atoms with Gasteiger partial charge in [-0.2, -0.15) is 0 Å². The van der Waals surface area contributed by atoms with Gasteiger partial charge in [0.25, 0.3) is 0 Å². The second-order valence-corrected chi connectivity index (χ2v) is 6.57. The summed E-state index contributed by atoms with van der Waals surface area (Å²) in [5.41, 5.74) is -0.0138. The number of benzene rings is 2. The molecular formula is C20H20FNO6. The number of hydrogen-bond donors (Lipinski definition) is 3. The number of carboxylic acid groups (broad SMARTS) is 1. The molecule has 0 amide bonds. The molecule has 1 atom stereocenters. The lowest BCUT2D eigenvalue weighted by molar-refractivity contribution is -0.142. The van der Waals surface area contributed by atoms with Crippen LogP contribution in [0.5, 0.6) is 17.2 Å². The molecule has 3 rings (SSSR count). The molecule has 0 saturated carbocycles. The third kappa shape index (κ3) is 4.07. The van der Waals surface area contributed by atoms with Gasteiger partial charge in [0.1, 0.15) is 17.5 Å². The molecule has 28 heavy (non-hydrogen) atoms. The van der Waals surface area contributed by atoms with Crippen LogP contribution >= 0.6 is 0 Å². The highest BCUT2D eigenvalue weighted by Gasteiger charge is 2.32. The summed E-state index contributed by atoms with van der Waals surface area (Å²) < 4.78 is 18.8. The first-order valence-electron chi connectivity index (χ1n) is 8.79. The molecule has 0 radical (unpaired) electrons. The first kappa shape index (κ1) is 19.6. The Balaban J connectivity index is 1.77. The van der Waals surface area contributed by atoms with Crippen LogP contribution in [-0.2, 0) is 11.3 Å². The molecule has 1 unspecified atom stereocenters. The van der Waals surface area contributed by atoms with E-state index in [-0.39, 0.29) is 29.2 Å². The first-order valence-corrected chi connectivity index (χ1v) is 8.79. The number of halogens is 1. The van der Waals surface area contributed by atoms with Gasteiger partial charge in [-0.25, -0.2) is 4.39 Å². The van der Waals surface area contributed by atoms with Crippen molar-refractivity contribution in [3.8, 4) is 17.2 Å². The molecule has 7 nitrogen and oxygen atoms in total. The molecule has 1 heterocycles. The summed E-state index contributed by atoms with van der Waals surface area (Å²) in [6.07, 6.45) is 1.17. The average molecular weight is 389 g/mol. The van der Waals surface area contributed by atoms with E-state index in [1.54, 1.807) is 11.0 Å². The molecule has 148 valence electrons. The number of nitrogens with zero attached hydrogens (tertiary/aromatic N) is 1. The van der Waals surface area contributed by atoms with Crippen LogP contribution in [-0.4, -0.2) is 51.2 Å². The van der Waals surface area contributed by atoms with Crippen molar-refractivity contribution in [2.75, 3.05) is 13.2 Å². The largest absolute Gasteiger partial charge is 0.507 e. The third-order valence-corrected chi connectivity index (χ3v) is 4.76. The Kier molecular flexibility index (Phi) is 5.79. The SMILES string of the molecule is O=C(COc1ccccc1F)c1ccc(O)c(CN2CCCC2C(=O)O)c1O. The second-order valence-electron chi connectivity index (χ2n) is 6.57. The van der Waals surface area contributed by atoms with Crippen LogP contribution < -0.4 is 4.74 Å². The van der Waals surface area contributed by atoms with Crippen molar-refractivity contribution in [3.05, 3.63) is 53.3 Å². The van der Waals surface area contributed by atoms with E-state index >= 15 is 0 Å². The fraction of sp³-hybridized carbons (Fsp3) is 0.300. The van der Waals surface area contributed by atoms with Gasteiger partial charge in [-0.3, -0.25) is 14.5 Å². The van der Waals surface area contributed by atoms with E-state index in [1.165, 1.54) is 30.3 Å². The van der Waals surface area contributed by atoms with Crippen LogP contribution in [0.4, 0.5) is 4.39 Å². The third-order valence-electron chi connectivity index (χ3n) is 4.76. The molecule has 0 spiro atoms. The summed E-state index contributed by atoms with van der Waals surface area (Å²) >= 11 is 0. The zero-order valence-electron chi connectivity index (χ0n) is 15.0. The number of ether oxygens (including phenoxy) is 1. The molecule has 3 N–H and O–H groups in total. The van der Waals surface area contributed by atoms with E-state index < -0.39 is 36.0 Å². The Hall–Kier alpha value is -3.13. The Bertz CT molecular complexity index is 900. The number of aromatic hydroxyl groups is 2. The predicted octanol–water partition coefficient (Wildman–Crippen LogP) is 2.55. The van der Waals surface area contributed by atoms with Crippen molar-refractivity contribution < 1.29 is 34.0 Å². The number of para-hydroxylation sites is 1. The van der Waals surface area contributed by atoms with Crippen molar-refractivity contribution >= 4 is 11.8 Å². The van der Waals surface area contributed by atoms with Crippen LogP contribution in [0, 0.1) is 5.82 Å². The molecule has 2 aromatic carbocycles. The van der Waals surface area contributed by atoms with Gasteiger partial charge in [0.05, 0.1) is 11.1 Å². The van der Waals surface area contributed by atoms with E-state index in [0.29, 0.717) is 19.4 Å². The summed E-state index contributed by atoms with van der Waals surface area (Å²) in [6.45, 7) is -0.00544.